The Hall–Kier alpha value is -0.0700. The summed E-state index contributed by atoms with van der Waals surface area (Å²) >= 11 is 7.59. The summed E-state index contributed by atoms with van der Waals surface area (Å²) in [4.78, 5) is 5.46. The molecule has 0 fully saturated rings. The number of thioether (sulfide) groups is 1. The molecule has 0 aliphatic heterocycles. The molecule has 0 N–H and O–H groups in total. The molecule has 0 bridgehead atoms. The van der Waals surface area contributed by atoms with E-state index in [1.54, 1.807) is 0 Å². The first kappa shape index (κ1) is 12.4. The number of benzene rings is 1. The van der Waals surface area contributed by atoms with Crippen LogP contribution in [0.25, 0.3) is 0 Å². The molecule has 0 unspecified atom stereocenters. The predicted octanol–water partition coefficient (Wildman–Crippen LogP) is 4.74. The fourth-order valence-corrected chi connectivity index (χ4v) is 3.39. The molecule has 1 nitrogen and oxygen atoms in total. The first-order valence-electron chi connectivity index (χ1n) is 4.74. The van der Waals surface area contributed by atoms with Crippen LogP contribution in [0.1, 0.15) is 5.56 Å². The van der Waals surface area contributed by atoms with Gasteiger partial charge in [0, 0.05) is 16.8 Å². The lowest BCUT2D eigenvalue weighted by Gasteiger charge is -2.05. The molecule has 0 atom stereocenters. The molecule has 1 aromatic heterocycles. The van der Waals surface area contributed by atoms with Gasteiger partial charge in [0.1, 0.15) is 4.60 Å². The Labute approximate surface area is 121 Å². The normalized spacial score (nSPS) is 10.4. The van der Waals surface area contributed by atoms with E-state index in [9.17, 15) is 0 Å². The average molecular weight is 406 g/mol. The van der Waals surface area contributed by atoms with E-state index in [-0.39, 0.29) is 0 Å². The molecule has 2 aromatic rings. The van der Waals surface area contributed by atoms with Gasteiger partial charge in [0.05, 0.1) is 3.57 Å². The van der Waals surface area contributed by atoms with E-state index in [0.29, 0.717) is 0 Å². The van der Waals surface area contributed by atoms with E-state index in [1.807, 2.05) is 24.0 Å². The van der Waals surface area contributed by atoms with Crippen molar-refractivity contribution in [1.82, 2.24) is 4.98 Å². The standard InChI is InChI=1S/C12H9BrINS/c13-12-11(14)10(6-7-15-12)16-8-9-4-2-1-3-5-9/h1-7H,8H2. The van der Waals surface area contributed by atoms with Crippen LogP contribution < -0.4 is 0 Å². The molecular formula is C12H9BrINS. The van der Waals surface area contributed by atoms with E-state index >= 15 is 0 Å². The van der Waals surface area contributed by atoms with Crippen LogP contribution in [-0.2, 0) is 5.75 Å². The lowest BCUT2D eigenvalue weighted by atomic mass is 10.2. The minimum atomic E-state index is 0.922. The number of hydrogen-bond acceptors (Lipinski definition) is 2. The monoisotopic (exact) mass is 405 g/mol. The molecule has 0 saturated carbocycles. The summed E-state index contributed by atoms with van der Waals surface area (Å²) in [6.07, 6.45) is 1.83. The molecule has 16 heavy (non-hydrogen) atoms. The maximum absolute atomic E-state index is 4.19. The first-order chi connectivity index (χ1) is 7.77. The zero-order valence-corrected chi connectivity index (χ0v) is 12.9. The minimum absolute atomic E-state index is 0.922. The van der Waals surface area contributed by atoms with Crippen molar-refractivity contribution in [2.45, 2.75) is 10.6 Å². The van der Waals surface area contributed by atoms with E-state index < -0.39 is 0 Å². The van der Waals surface area contributed by atoms with Gasteiger partial charge in [0.2, 0.25) is 0 Å². The van der Waals surface area contributed by atoms with Gasteiger partial charge >= 0.3 is 0 Å². The molecule has 2 rings (SSSR count). The van der Waals surface area contributed by atoms with Crippen LogP contribution in [-0.4, -0.2) is 4.98 Å². The largest absolute Gasteiger partial charge is 0.248 e. The molecule has 1 aromatic carbocycles. The van der Waals surface area contributed by atoms with E-state index in [0.717, 1.165) is 10.4 Å². The molecule has 0 spiro atoms. The Morgan fingerprint density at radius 1 is 1.19 bits per heavy atom. The van der Waals surface area contributed by atoms with Gasteiger partial charge in [-0.3, -0.25) is 0 Å². The summed E-state index contributed by atoms with van der Waals surface area (Å²) in [6, 6.07) is 12.5. The van der Waals surface area contributed by atoms with Crippen molar-refractivity contribution in [3.05, 3.63) is 56.3 Å². The van der Waals surface area contributed by atoms with Crippen LogP contribution in [0.2, 0.25) is 0 Å². The second-order valence-corrected chi connectivity index (χ2v) is 6.04. The van der Waals surface area contributed by atoms with Crippen molar-refractivity contribution in [2.24, 2.45) is 0 Å². The van der Waals surface area contributed by atoms with Gasteiger partial charge in [0.15, 0.2) is 0 Å². The van der Waals surface area contributed by atoms with E-state index in [1.165, 1.54) is 14.0 Å². The van der Waals surface area contributed by atoms with Gasteiger partial charge < -0.3 is 0 Å². The fourth-order valence-electron chi connectivity index (χ4n) is 1.25. The van der Waals surface area contributed by atoms with Crippen LogP contribution in [0.5, 0.6) is 0 Å². The quantitative estimate of drug-likeness (QED) is 0.415. The van der Waals surface area contributed by atoms with Crippen LogP contribution in [0.15, 0.2) is 52.1 Å². The van der Waals surface area contributed by atoms with Crippen LogP contribution in [0.3, 0.4) is 0 Å². The lowest BCUT2D eigenvalue weighted by molar-refractivity contribution is 1.18. The van der Waals surface area contributed by atoms with Crippen LogP contribution in [0.4, 0.5) is 0 Å². The molecule has 0 aliphatic carbocycles. The molecule has 0 saturated heterocycles. The third-order valence-electron chi connectivity index (χ3n) is 2.05. The fraction of sp³-hybridized carbons (Fsp3) is 0.0833. The van der Waals surface area contributed by atoms with Crippen LogP contribution >= 0.6 is 50.3 Å². The number of rotatable bonds is 3. The third-order valence-corrected chi connectivity index (χ3v) is 5.98. The third kappa shape index (κ3) is 3.21. The smallest absolute Gasteiger partial charge is 0.120 e. The highest BCUT2D eigenvalue weighted by molar-refractivity contribution is 14.1. The van der Waals surface area contributed by atoms with Gasteiger partial charge in [-0.05, 0) is 50.2 Å². The zero-order valence-electron chi connectivity index (χ0n) is 8.36. The predicted molar refractivity (Wildman–Crippen MR) is 80.7 cm³/mol. The molecule has 1 heterocycles. The van der Waals surface area contributed by atoms with Gasteiger partial charge in [-0.25, -0.2) is 4.98 Å². The highest BCUT2D eigenvalue weighted by Crippen LogP contribution is 2.30. The van der Waals surface area contributed by atoms with Crippen molar-refractivity contribution in [3.8, 4) is 0 Å². The summed E-state index contributed by atoms with van der Waals surface area (Å²) in [5, 5.41) is 0. The molecule has 0 radical (unpaired) electrons. The molecule has 82 valence electrons. The SMILES string of the molecule is Brc1nccc(SCc2ccccc2)c1I. The first-order valence-corrected chi connectivity index (χ1v) is 7.60. The van der Waals surface area contributed by atoms with Crippen molar-refractivity contribution in [1.29, 1.82) is 0 Å². The van der Waals surface area contributed by atoms with Crippen molar-refractivity contribution in [2.75, 3.05) is 0 Å². The Balaban J connectivity index is 2.08. The maximum atomic E-state index is 4.19. The Kier molecular flexibility index (Phi) is 4.66. The molecule has 0 aliphatic rings. The second kappa shape index (κ2) is 6.02. The van der Waals surface area contributed by atoms with Gasteiger partial charge in [-0.2, -0.15) is 0 Å². The molecule has 0 amide bonds. The summed E-state index contributed by atoms with van der Waals surface area (Å²) in [6.45, 7) is 0. The molecule has 4 heteroatoms. The lowest BCUT2D eigenvalue weighted by Crippen LogP contribution is -1.86. The Bertz CT molecular complexity index is 476. The van der Waals surface area contributed by atoms with Gasteiger partial charge in [-0.1, -0.05) is 30.3 Å². The minimum Gasteiger partial charge on any atom is -0.248 e. The van der Waals surface area contributed by atoms with Crippen molar-refractivity contribution in [3.63, 3.8) is 0 Å². The highest BCUT2D eigenvalue weighted by atomic mass is 127. The Morgan fingerprint density at radius 3 is 2.69 bits per heavy atom. The summed E-state index contributed by atoms with van der Waals surface area (Å²) in [5.74, 6) is 0.993. The molecular weight excluding hydrogens is 397 g/mol. The summed E-state index contributed by atoms with van der Waals surface area (Å²) < 4.78 is 2.10. The van der Waals surface area contributed by atoms with E-state index in [4.69, 9.17) is 0 Å². The number of halogens is 2. The van der Waals surface area contributed by atoms with Crippen LogP contribution in [0, 0.1) is 3.57 Å². The van der Waals surface area contributed by atoms with Gasteiger partial charge in [-0.15, -0.1) is 11.8 Å². The van der Waals surface area contributed by atoms with E-state index in [2.05, 4.69) is 73.8 Å². The van der Waals surface area contributed by atoms with Gasteiger partial charge in [0.25, 0.3) is 0 Å². The Morgan fingerprint density at radius 2 is 1.94 bits per heavy atom. The zero-order chi connectivity index (χ0) is 11.4. The number of pyridine rings is 1. The summed E-state index contributed by atoms with van der Waals surface area (Å²) in [5.41, 5.74) is 1.34. The topological polar surface area (TPSA) is 12.9 Å². The maximum Gasteiger partial charge on any atom is 0.120 e. The second-order valence-electron chi connectivity index (χ2n) is 3.19. The highest BCUT2D eigenvalue weighted by Gasteiger charge is 2.04. The van der Waals surface area contributed by atoms with Crippen molar-refractivity contribution < 1.29 is 0 Å². The average Bonchev–Trinajstić information content (AvgIpc) is 2.32. The summed E-state index contributed by atoms with van der Waals surface area (Å²) in [7, 11) is 0. The number of hydrogen-bond donors (Lipinski definition) is 0. The van der Waals surface area contributed by atoms with Crippen molar-refractivity contribution >= 4 is 50.3 Å². The number of aromatic nitrogens is 1. The number of nitrogens with zero attached hydrogens (tertiary/aromatic N) is 1.